The molecule has 0 aliphatic carbocycles. The van der Waals surface area contributed by atoms with E-state index in [-0.39, 0.29) is 16.7 Å². The Morgan fingerprint density at radius 3 is 2.80 bits per heavy atom. The molecule has 1 unspecified atom stereocenters. The van der Waals surface area contributed by atoms with Crippen molar-refractivity contribution in [3.63, 3.8) is 0 Å². The van der Waals surface area contributed by atoms with Crippen molar-refractivity contribution in [3.05, 3.63) is 35.0 Å². The van der Waals surface area contributed by atoms with E-state index in [4.69, 9.17) is 21.4 Å². The van der Waals surface area contributed by atoms with Crippen LogP contribution in [0.4, 0.5) is 5.69 Å². The molecule has 1 fully saturated rings. The Morgan fingerprint density at radius 2 is 2.20 bits per heavy atom. The Labute approximate surface area is 120 Å². The first-order valence-electron chi connectivity index (χ1n) is 6.17. The minimum absolute atomic E-state index is 0.0456. The van der Waals surface area contributed by atoms with Crippen molar-refractivity contribution in [1.82, 2.24) is 10.2 Å². The number of ether oxygens (including phenoxy) is 1. The van der Waals surface area contributed by atoms with Crippen LogP contribution in [0.5, 0.6) is 5.75 Å². The number of nitrogens with one attached hydrogen (secondary N) is 1. The van der Waals surface area contributed by atoms with Crippen molar-refractivity contribution >= 4 is 23.8 Å². The number of rotatable bonds is 3. The maximum Gasteiger partial charge on any atom is 0.284 e. The molecule has 0 bridgehead atoms. The first kappa shape index (κ1) is 12.9. The highest BCUT2D eigenvalue weighted by Gasteiger charge is 2.34. The predicted molar refractivity (Wildman–Crippen MR) is 74.4 cm³/mol. The van der Waals surface area contributed by atoms with Crippen molar-refractivity contribution in [1.29, 1.82) is 0 Å². The summed E-state index contributed by atoms with van der Waals surface area (Å²) < 4.78 is 10.4. The van der Waals surface area contributed by atoms with Gasteiger partial charge in [-0.25, -0.2) is 5.10 Å². The molecule has 104 valence electrons. The largest absolute Gasteiger partial charge is 0.497 e. The zero-order valence-corrected chi connectivity index (χ0v) is 11.6. The first-order valence-corrected chi connectivity index (χ1v) is 6.58. The van der Waals surface area contributed by atoms with Crippen molar-refractivity contribution in [2.75, 3.05) is 18.6 Å². The van der Waals surface area contributed by atoms with Gasteiger partial charge in [0.05, 0.1) is 13.0 Å². The molecule has 0 spiro atoms. The number of amides is 1. The highest BCUT2D eigenvalue weighted by molar-refractivity contribution is 7.71. The molecule has 1 aromatic heterocycles. The van der Waals surface area contributed by atoms with Crippen LogP contribution >= 0.6 is 12.2 Å². The van der Waals surface area contributed by atoms with E-state index in [0.717, 1.165) is 11.4 Å². The van der Waals surface area contributed by atoms with Gasteiger partial charge in [0.2, 0.25) is 11.8 Å². The molecule has 1 aliphatic heterocycles. The molecule has 3 rings (SSSR count). The van der Waals surface area contributed by atoms with Crippen LogP contribution in [0.3, 0.4) is 0 Å². The van der Waals surface area contributed by atoms with Crippen LogP contribution < -0.4 is 9.64 Å². The third-order valence-corrected chi connectivity index (χ3v) is 3.49. The van der Waals surface area contributed by atoms with Gasteiger partial charge >= 0.3 is 0 Å². The highest BCUT2D eigenvalue weighted by atomic mass is 32.1. The second kappa shape index (κ2) is 5.09. The summed E-state index contributed by atoms with van der Waals surface area (Å²) in [7, 11) is 1.61. The van der Waals surface area contributed by atoms with E-state index in [9.17, 15) is 4.79 Å². The second-order valence-corrected chi connectivity index (χ2v) is 4.93. The second-order valence-electron chi connectivity index (χ2n) is 4.55. The lowest BCUT2D eigenvalue weighted by atomic mass is 10.1. The van der Waals surface area contributed by atoms with Gasteiger partial charge in [-0.15, -0.1) is 5.10 Å². The number of methoxy groups -OCH3 is 1. The number of aromatic amines is 1. The van der Waals surface area contributed by atoms with E-state index in [1.807, 2.05) is 24.3 Å². The molecule has 20 heavy (non-hydrogen) atoms. The van der Waals surface area contributed by atoms with Gasteiger partial charge in [0.25, 0.3) is 4.84 Å². The Balaban J connectivity index is 1.81. The summed E-state index contributed by atoms with van der Waals surface area (Å²) in [5.41, 5.74) is 0.840. The standard InChI is InChI=1S/C13H13N3O3S/c1-18-10-4-2-9(3-5-10)16-7-8(6-11(16)17)12-14-15-13(20)19-12/h2-5,8H,6-7H2,1H3,(H,15,20). The summed E-state index contributed by atoms with van der Waals surface area (Å²) in [6, 6.07) is 7.38. The van der Waals surface area contributed by atoms with E-state index in [1.165, 1.54) is 0 Å². The number of carbonyl (C=O) groups is 1. The van der Waals surface area contributed by atoms with Gasteiger partial charge in [-0.3, -0.25) is 4.79 Å². The number of H-pyrrole nitrogens is 1. The Morgan fingerprint density at radius 1 is 1.45 bits per heavy atom. The molecule has 0 radical (unpaired) electrons. The molecule has 1 atom stereocenters. The molecule has 1 aromatic carbocycles. The average Bonchev–Trinajstić information content (AvgIpc) is 3.05. The summed E-state index contributed by atoms with van der Waals surface area (Å²) in [4.78, 5) is 14.1. The lowest BCUT2D eigenvalue weighted by molar-refractivity contribution is -0.117. The van der Waals surface area contributed by atoms with Crippen LogP contribution in [0, 0.1) is 4.84 Å². The van der Waals surface area contributed by atoms with Crippen molar-refractivity contribution in [2.45, 2.75) is 12.3 Å². The monoisotopic (exact) mass is 291 g/mol. The van der Waals surface area contributed by atoms with E-state index in [1.54, 1.807) is 12.0 Å². The molecule has 1 aliphatic rings. The summed E-state index contributed by atoms with van der Waals surface area (Å²) in [6.07, 6.45) is 0.370. The predicted octanol–water partition coefficient (Wildman–Crippen LogP) is 2.26. The van der Waals surface area contributed by atoms with E-state index >= 15 is 0 Å². The van der Waals surface area contributed by atoms with Gasteiger partial charge in [0.1, 0.15) is 5.75 Å². The third kappa shape index (κ3) is 2.32. The van der Waals surface area contributed by atoms with Crippen molar-refractivity contribution in [3.8, 4) is 5.75 Å². The van der Waals surface area contributed by atoms with Gasteiger partial charge in [0.15, 0.2) is 0 Å². The van der Waals surface area contributed by atoms with Gasteiger partial charge in [0, 0.05) is 18.7 Å². The van der Waals surface area contributed by atoms with Crippen LogP contribution in [0.25, 0.3) is 0 Å². The van der Waals surface area contributed by atoms with Crippen LogP contribution in [0.15, 0.2) is 28.7 Å². The molecule has 1 saturated heterocycles. The van der Waals surface area contributed by atoms with Crippen LogP contribution in [0.1, 0.15) is 18.2 Å². The minimum Gasteiger partial charge on any atom is -0.497 e. The lowest BCUT2D eigenvalue weighted by Gasteiger charge is -2.16. The molecule has 1 amide bonds. The van der Waals surface area contributed by atoms with Crippen LogP contribution in [-0.2, 0) is 4.79 Å². The number of carbonyl (C=O) groups excluding carboxylic acids is 1. The van der Waals surface area contributed by atoms with Gasteiger partial charge in [-0.2, -0.15) is 0 Å². The Hall–Kier alpha value is -2.15. The Bertz CT molecular complexity index is 677. The van der Waals surface area contributed by atoms with Gasteiger partial charge in [-0.1, -0.05) is 0 Å². The number of hydrogen-bond acceptors (Lipinski definition) is 5. The smallest absolute Gasteiger partial charge is 0.284 e. The zero-order chi connectivity index (χ0) is 14.1. The minimum atomic E-state index is -0.0717. The summed E-state index contributed by atoms with van der Waals surface area (Å²) >= 11 is 4.85. The highest BCUT2D eigenvalue weighted by Crippen LogP contribution is 2.31. The quantitative estimate of drug-likeness (QED) is 0.878. The summed E-state index contributed by atoms with van der Waals surface area (Å²) in [5.74, 6) is 1.22. The molecule has 7 heteroatoms. The number of anilines is 1. The molecular formula is C13H13N3O3S. The molecule has 6 nitrogen and oxygen atoms in total. The summed E-state index contributed by atoms with van der Waals surface area (Å²) in [6.45, 7) is 0.536. The van der Waals surface area contributed by atoms with Crippen molar-refractivity contribution < 1.29 is 13.9 Å². The molecule has 2 aromatic rings. The maximum atomic E-state index is 12.1. The maximum absolute atomic E-state index is 12.1. The lowest BCUT2D eigenvalue weighted by Crippen LogP contribution is -2.24. The van der Waals surface area contributed by atoms with Gasteiger partial charge < -0.3 is 14.1 Å². The van der Waals surface area contributed by atoms with Crippen molar-refractivity contribution in [2.24, 2.45) is 0 Å². The number of nitrogens with zero attached hydrogens (tertiary/aromatic N) is 2. The summed E-state index contributed by atoms with van der Waals surface area (Å²) in [5, 5.41) is 6.57. The Kier molecular flexibility index (Phi) is 3.27. The van der Waals surface area contributed by atoms with Gasteiger partial charge in [-0.05, 0) is 36.5 Å². The zero-order valence-electron chi connectivity index (χ0n) is 10.8. The average molecular weight is 291 g/mol. The number of benzene rings is 1. The van der Waals surface area contributed by atoms with E-state index < -0.39 is 0 Å². The fourth-order valence-electron chi connectivity index (χ4n) is 2.30. The SMILES string of the molecule is COc1ccc(N2CC(c3n[nH]c(=S)o3)CC2=O)cc1. The van der Waals surface area contributed by atoms with E-state index in [0.29, 0.717) is 18.9 Å². The molecule has 0 saturated carbocycles. The molecular weight excluding hydrogens is 278 g/mol. The third-order valence-electron chi connectivity index (χ3n) is 3.31. The van der Waals surface area contributed by atoms with Crippen LogP contribution in [0.2, 0.25) is 0 Å². The topological polar surface area (TPSA) is 71.4 Å². The fourth-order valence-corrected chi connectivity index (χ4v) is 2.43. The first-order chi connectivity index (χ1) is 9.67. The normalized spacial score (nSPS) is 18.6. The number of aromatic nitrogens is 2. The number of hydrogen-bond donors (Lipinski definition) is 1. The molecule has 2 heterocycles. The fraction of sp³-hybridized carbons (Fsp3) is 0.308. The van der Waals surface area contributed by atoms with E-state index in [2.05, 4.69) is 10.2 Å². The molecule has 1 N–H and O–H groups in total. The van der Waals surface area contributed by atoms with Crippen LogP contribution in [-0.4, -0.2) is 29.8 Å².